The van der Waals surface area contributed by atoms with Crippen LogP contribution in [0.15, 0.2) is 31.4 Å². The maximum absolute atomic E-state index is 4.03. The smallest absolute Gasteiger partial charge is 0.0946 e. The first kappa shape index (κ1) is 13.0. The van der Waals surface area contributed by atoms with Gasteiger partial charge in [-0.1, -0.05) is 19.4 Å². The Hall–Kier alpha value is -1.09. The molecule has 16 heavy (non-hydrogen) atoms. The summed E-state index contributed by atoms with van der Waals surface area (Å²) in [5.41, 5.74) is 0. The highest BCUT2D eigenvalue weighted by atomic mass is 15.0. The van der Waals surface area contributed by atoms with Gasteiger partial charge in [-0.25, -0.2) is 4.98 Å². The Morgan fingerprint density at radius 2 is 2.38 bits per heavy atom. The average molecular weight is 221 g/mol. The van der Waals surface area contributed by atoms with Crippen LogP contribution in [0, 0.1) is 0 Å². The number of hydrogen-bond acceptors (Lipinski definition) is 2. The second-order valence-corrected chi connectivity index (χ2v) is 4.11. The predicted molar refractivity (Wildman–Crippen MR) is 68.4 cm³/mol. The van der Waals surface area contributed by atoms with E-state index in [1.165, 1.54) is 19.3 Å². The second-order valence-electron chi connectivity index (χ2n) is 4.11. The molecular weight excluding hydrogens is 198 g/mol. The number of hydrogen-bond donors (Lipinski definition) is 1. The van der Waals surface area contributed by atoms with Crippen molar-refractivity contribution >= 4 is 0 Å². The van der Waals surface area contributed by atoms with Crippen LogP contribution in [0.4, 0.5) is 0 Å². The van der Waals surface area contributed by atoms with Crippen LogP contribution >= 0.6 is 0 Å². The van der Waals surface area contributed by atoms with E-state index in [9.17, 15) is 0 Å². The van der Waals surface area contributed by atoms with Crippen molar-refractivity contribution in [1.82, 2.24) is 14.9 Å². The van der Waals surface area contributed by atoms with Crippen LogP contribution in [0.2, 0.25) is 0 Å². The van der Waals surface area contributed by atoms with Crippen LogP contribution in [0.5, 0.6) is 0 Å². The van der Waals surface area contributed by atoms with E-state index in [0.717, 1.165) is 19.5 Å². The second kappa shape index (κ2) is 8.11. The Morgan fingerprint density at radius 3 is 3.00 bits per heavy atom. The van der Waals surface area contributed by atoms with Gasteiger partial charge in [0, 0.05) is 31.5 Å². The van der Waals surface area contributed by atoms with Crippen molar-refractivity contribution in [2.75, 3.05) is 6.54 Å². The third-order valence-corrected chi connectivity index (χ3v) is 2.72. The van der Waals surface area contributed by atoms with Gasteiger partial charge in [0.1, 0.15) is 0 Å². The molecule has 0 fully saturated rings. The minimum Gasteiger partial charge on any atom is -0.336 e. The van der Waals surface area contributed by atoms with Crippen LogP contribution in [0.3, 0.4) is 0 Å². The Kier molecular flexibility index (Phi) is 6.58. The van der Waals surface area contributed by atoms with E-state index in [-0.39, 0.29) is 0 Å². The van der Waals surface area contributed by atoms with E-state index in [1.807, 2.05) is 24.8 Å². The third-order valence-electron chi connectivity index (χ3n) is 2.72. The van der Waals surface area contributed by atoms with Gasteiger partial charge in [-0.2, -0.15) is 0 Å². The number of aromatic nitrogens is 2. The molecule has 1 heterocycles. The zero-order valence-corrected chi connectivity index (χ0v) is 10.2. The molecule has 0 spiro atoms. The van der Waals surface area contributed by atoms with Gasteiger partial charge in [0.25, 0.3) is 0 Å². The Morgan fingerprint density at radius 1 is 1.50 bits per heavy atom. The highest BCUT2D eigenvalue weighted by Gasteiger charge is 2.05. The largest absolute Gasteiger partial charge is 0.336 e. The van der Waals surface area contributed by atoms with Crippen LogP contribution in [0.25, 0.3) is 0 Å². The van der Waals surface area contributed by atoms with Crippen molar-refractivity contribution < 1.29 is 0 Å². The van der Waals surface area contributed by atoms with E-state index in [4.69, 9.17) is 0 Å². The minimum absolute atomic E-state index is 0.631. The predicted octanol–water partition coefficient (Wildman–Crippen LogP) is 2.61. The molecule has 0 aromatic carbocycles. The third kappa shape index (κ3) is 5.12. The van der Waals surface area contributed by atoms with Crippen molar-refractivity contribution in [2.45, 2.75) is 45.2 Å². The molecule has 3 nitrogen and oxygen atoms in total. The molecule has 0 radical (unpaired) electrons. The van der Waals surface area contributed by atoms with Gasteiger partial charge >= 0.3 is 0 Å². The zero-order valence-electron chi connectivity index (χ0n) is 10.2. The lowest BCUT2D eigenvalue weighted by molar-refractivity contribution is 0.437. The summed E-state index contributed by atoms with van der Waals surface area (Å²) in [6.07, 6.45) is 12.5. The SMILES string of the molecule is C=CCCC(CCC)NCCn1ccnc1. The Bertz CT molecular complexity index is 267. The fraction of sp³-hybridized carbons (Fsp3) is 0.615. The van der Waals surface area contributed by atoms with Crippen molar-refractivity contribution in [3.63, 3.8) is 0 Å². The quantitative estimate of drug-likeness (QED) is 0.650. The van der Waals surface area contributed by atoms with E-state index in [0.29, 0.717) is 6.04 Å². The normalized spacial score (nSPS) is 12.6. The molecule has 1 aromatic heterocycles. The van der Waals surface area contributed by atoms with Gasteiger partial charge in [0.15, 0.2) is 0 Å². The fourth-order valence-corrected chi connectivity index (χ4v) is 1.83. The molecule has 90 valence electrons. The average Bonchev–Trinajstić information content (AvgIpc) is 2.79. The lowest BCUT2D eigenvalue weighted by Gasteiger charge is -2.17. The molecule has 1 unspecified atom stereocenters. The van der Waals surface area contributed by atoms with Gasteiger partial charge < -0.3 is 9.88 Å². The number of rotatable bonds is 9. The molecule has 1 rings (SSSR count). The van der Waals surface area contributed by atoms with Crippen LogP contribution < -0.4 is 5.32 Å². The Balaban J connectivity index is 2.18. The van der Waals surface area contributed by atoms with Crippen LogP contribution in [-0.4, -0.2) is 22.1 Å². The van der Waals surface area contributed by atoms with Crippen molar-refractivity contribution in [1.29, 1.82) is 0 Å². The number of nitrogens with zero attached hydrogens (tertiary/aromatic N) is 2. The number of nitrogens with one attached hydrogen (secondary N) is 1. The molecule has 1 N–H and O–H groups in total. The van der Waals surface area contributed by atoms with E-state index >= 15 is 0 Å². The molecule has 0 amide bonds. The molecular formula is C13H23N3. The molecule has 1 aromatic rings. The molecule has 0 bridgehead atoms. The lowest BCUT2D eigenvalue weighted by atomic mass is 10.1. The molecule has 0 aliphatic carbocycles. The van der Waals surface area contributed by atoms with Gasteiger partial charge in [-0.3, -0.25) is 0 Å². The zero-order chi connectivity index (χ0) is 11.6. The molecule has 1 atom stereocenters. The summed E-state index contributed by atoms with van der Waals surface area (Å²) in [6, 6.07) is 0.631. The summed E-state index contributed by atoms with van der Waals surface area (Å²) < 4.78 is 2.10. The first-order valence-corrected chi connectivity index (χ1v) is 6.16. The Labute approximate surface area is 98.6 Å². The molecule has 3 heteroatoms. The highest BCUT2D eigenvalue weighted by Crippen LogP contribution is 2.04. The molecule has 0 aliphatic heterocycles. The maximum atomic E-state index is 4.03. The van der Waals surface area contributed by atoms with Crippen LogP contribution in [0.1, 0.15) is 32.6 Å². The van der Waals surface area contributed by atoms with Crippen LogP contribution in [-0.2, 0) is 6.54 Å². The monoisotopic (exact) mass is 221 g/mol. The molecule has 0 saturated heterocycles. The van der Waals surface area contributed by atoms with Gasteiger partial charge in [0.05, 0.1) is 6.33 Å². The summed E-state index contributed by atoms with van der Waals surface area (Å²) in [6.45, 7) is 8.01. The molecule has 0 aliphatic rings. The summed E-state index contributed by atoms with van der Waals surface area (Å²) in [5, 5.41) is 3.60. The number of imidazole rings is 1. The first-order chi connectivity index (χ1) is 7.86. The van der Waals surface area contributed by atoms with E-state index < -0.39 is 0 Å². The summed E-state index contributed by atoms with van der Waals surface area (Å²) in [5.74, 6) is 0. The van der Waals surface area contributed by atoms with Gasteiger partial charge in [-0.05, 0) is 19.3 Å². The minimum atomic E-state index is 0.631. The van der Waals surface area contributed by atoms with Crippen molar-refractivity contribution in [2.24, 2.45) is 0 Å². The fourth-order valence-electron chi connectivity index (χ4n) is 1.83. The molecule has 0 saturated carbocycles. The van der Waals surface area contributed by atoms with Crippen molar-refractivity contribution in [3.05, 3.63) is 31.4 Å². The first-order valence-electron chi connectivity index (χ1n) is 6.16. The highest BCUT2D eigenvalue weighted by molar-refractivity contribution is 4.76. The summed E-state index contributed by atoms with van der Waals surface area (Å²) >= 11 is 0. The van der Waals surface area contributed by atoms with Crippen molar-refractivity contribution in [3.8, 4) is 0 Å². The summed E-state index contributed by atoms with van der Waals surface area (Å²) in [7, 11) is 0. The van der Waals surface area contributed by atoms with Gasteiger partial charge in [-0.15, -0.1) is 6.58 Å². The lowest BCUT2D eigenvalue weighted by Crippen LogP contribution is -2.31. The van der Waals surface area contributed by atoms with Gasteiger partial charge in [0.2, 0.25) is 0 Å². The summed E-state index contributed by atoms with van der Waals surface area (Å²) in [4.78, 5) is 4.03. The van der Waals surface area contributed by atoms with E-state index in [2.05, 4.69) is 28.4 Å². The standard InChI is InChI=1S/C13H23N3/c1-3-5-7-13(6-4-2)15-9-11-16-10-8-14-12-16/h3,8,10,12-13,15H,1,4-7,9,11H2,2H3. The maximum Gasteiger partial charge on any atom is 0.0946 e. The topological polar surface area (TPSA) is 29.9 Å². The van der Waals surface area contributed by atoms with E-state index in [1.54, 1.807) is 0 Å². The number of allylic oxidation sites excluding steroid dienone is 1.